The maximum absolute atomic E-state index is 13.3. The van der Waals surface area contributed by atoms with Gasteiger partial charge in [0, 0.05) is 30.1 Å². The molecule has 13 heteroatoms. The van der Waals surface area contributed by atoms with E-state index >= 15 is 0 Å². The molecule has 0 fully saturated rings. The Balaban J connectivity index is 3.81. The van der Waals surface area contributed by atoms with Gasteiger partial charge in [0.15, 0.2) is 0 Å². The van der Waals surface area contributed by atoms with Crippen molar-refractivity contribution in [3.05, 3.63) is 21.8 Å². The van der Waals surface area contributed by atoms with E-state index in [1.807, 2.05) is 67.8 Å². The van der Waals surface area contributed by atoms with Crippen LogP contribution in [0.5, 0.6) is 0 Å². The second kappa shape index (κ2) is 12.6. The van der Waals surface area contributed by atoms with Crippen LogP contribution in [0.2, 0.25) is 0 Å². The third kappa shape index (κ3) is 6.35. The van der Waals surface area contributed by atoms with Gasteiger partial charge in [-0.05, 0) is 67.8 Å². The molecule has 1 aromatic rings. The Morgan fingerprint density at radius 3 is 1.93 bits per heavy atom. The Labute approximate surface area is 214 Å². The van der Waals surface area contributed by atoms with Gasteiger partial charge in [-0.3, -0.25) is 14.4 Å². The third-order valence-corrected chi connectivity index (χ3v) is 7.21. The molecule has 1 unspecified atom stereocenters. The highest BCUT2D eigenvalue weighted by Crippen LogP contribution is 2.38. The molecule has 30 heavy (non-hydrogen) atoms. The molecule has 0 saturated carbocycles. The zero-order valence-corrected chi connectivity index (χ0v) is 22.4. The number of hydrogen-bond donors (Lipinski definition) is 5. The van der Waals surface area contributed by atoms with E-state index in [9.17, 15) is 29.7 Å². The third-order valence-electron chi connectivity index (χ3n) is 4.03. The van der Waals surface area contributed by atoms with Crippen molar-refractivity contribution in [2.75, 3.05) is 44.4 Å². The summed E-state index contributed by atoms with van der Waals surface area (Å²) in [5.41, 5.74) is 5.93. The maximum Gasteiger partial charge on any atom is 0.256 e. The number of rotatable bonds is 10. The SMILES string of the molecule is CC(=O)N(CCO)c1c(I)c(C(N)=O)c(I)c(C(=O)N(CCO)CC(O)CO)c1I. The lowest BCUT2D eigenvalue weighted by Gasteiger charge is -2.29. The minimum Gasteiger partial charge on any atom is -0.395 e. The average molecular weight is 761 g/mol. The van der Waals surface area contributed by atoms with Gasteiger partial charge >= 0.3 is 0 Å². The fraction of sp³-hybridized carbons (Fsp3) is 0.471. The second-order valence-corrected chi connectivity index (χ2v) is 9.35. The van der Waals surface area contributed by atoms with Crippen molar-refractivity contribution < 1.29 is 34.8 Å². The Morgan fingerprint density at radius 2 is 1.50 bits per heavy atom. The van der Waals surface area contributed by atoms with E-state index in [1.165, 1.54) is 11.8 Å². The maximum atomic E-state index is 13.3. The zero-order valence-electron chi connectivity index (χ0n) is 15.9. The van der Waals surface area contributed by atoms with Crippen LogP contribution in [0.25, 0.3) is 0 Å². The zero-order chi connectivity index (χ0) is 23.2. The standard InChI is InChI=1S/C17H22I3N3O7/c1-8(27)23(3-5-25)15-13(19)10(16(21)29)12(18)11(14(15)20)17(30)22(2-4-24)6-9(28)7-26/h9,24-26,28H,2-7H2,1H3,(H2,21,29). The lowest BCUT2D eigenvalue weighted by Crippen LogP contribution is -2.42. The summed E-state index contributed by atoms with van der Waals surface area (Å²) in [6.45, 7) is -0.446. The van der Waals surface area contributed by atoms with Crippen LogP contribution in [0.3, 0.4) is 0 Å². The number of halogens is 3. The molecule has 6 N–H and O–H groups in total. The lowest BCUT2D eigenvalue weighted by atomic mass is 10.1. The van der Waals surface area contributed by atoms with Gasteiger partial charge in [-0.1, -0.05) is 0 Å². The highest BCUT2D eigenvalue weighted by atomic mass is 127. The summed E-state index contributed by atoms with van der Waals surface area (Å²) in [6.07, 6.45) is -1.22. The van der Waals surface area contributed by atoms with Gasteiger partial charge in [0.05, 0.1) is 49.9 Å². The molecule has 0 aliphatic rings. The van der Waals surface area contributed by atoms with Crippen molar-refractivity contribution in [1.29, 1.82) is 0 Å². The number of nitrogens with two attached hydrogens (primary N) is 1. The van der Waals surface area contributed by atoms with E-state index in [2.05, 4.69) is 0 Å². The van der Waals surface area contributed by atoms with Crippen LogP contribution in [0, 0.1) is 10.7 Å². The molecule has 0 heterocycles. The van der Waals surface area contributed by atoms with Crippen LogP contribution in [-0.2, 0) is 4.79 Å². The van der Waals surface area contributed by atoms with E-state index in [-0.39, 0.29) is 53.2 Å². The molecular weight excluding hydrogens is 739 g/mol. The van der Waals surface area contributed by atoms with Gasteiger partial charge in [0.2, 0.25) is 5.91 Å². The van der Waals surface area contributed by atoms with Crippen LogP contribution < -0.4 is 10.6 Å². The Hall–Kier alpha value is -0.340. The highest BCUT2D eigenvalue weighted by molar-refractivity contribution is 14.1. The minimum absolute atomic E-state index is 0.0470. The second-order valence-electron chi connectivity index (χ2n) is 6.11. The molecule has 1 rings (SSSR count). The molecule has 0 aromatic heterocycles. The number of primary amides is 1. The normalized spacial score (nSPS) is 11.9. The van der Waals surface area contributed by atoms with Crippen molar-refractivity contribution in [3.8, 4) is 0 Å². The number of hydrogen-bond acceptors (Lipinski definition) is 7. The molecule has 10 nitrogen and oxygen atoms in total. The first-order valence-electron chi connectivity index (χ1n) is 8.61. The Bertz CT molecular complexity index is 823. The van der Waals surface area contributed by atoms with E-state index in [1.54, 1.807) is 0 Å². The van der Waals surface area contributed by atoms with Crippen molar-refractivity contribution >= 4 is 91.2 Å². The van der Waals surface area contributed by atoms with Crippen molar-refractivity contribution in [3.63, 3.8) is 0 Å². The molecule has 0 bridgehead atoms. The van der Waals surface area contributed by atoms with E-state index in [4.69, 9.17) is 10.8 Å². The summed E-state index contributed by atoms with van der Waals surface area (Å²) in [7, 11) is 0. The molecule has 0 saturated heterocycles. The first kappa shape index (κ1) is 27.7. The smallest absolute Gasteiger partial charge is 0.256 e. The largest absolute Gasteiger partial charge is 0.395 e. The summed E-state index contributed by atoms with van der Waals surface area (Å²) >= 11 is 5.57. The lowest BCUT2D eigenvalue weighted by molar-refractivity contribution is -0.116. The summed E-state index contributed by atoms with van der Waals surface area (Å²) in [6, 6.07) is 0. The first-order chi connectivity index (χ1) is 14.0. The van der Waals surface area contributed by atoms with Gasteiger partial charge in [0.1, 0.15) is 0 Å². The van der Waals surface area contributed by atoms with Crippen molar-refractivity contribution in [2.24, 2.45) is 5.73 Å². The predicted molar refractivity (Wildman–Crippen MR) is 134 cm³/mol. The summed E-state index contributed by atoms with van der Waals surface area (Å²) in [5.74, 6) is -1.82. The quantitative estimate of drug-likeness (QED) is 0.205. The number of aliphatic hydroxyl groups excluding tert-OH is 4. The topological polar surface area (TPSA) is 165 Å². The van der Waals surface area contributed by atoms with Crippen LogP contribution in [-0.4, -0.2) is 88.6 Å². The summed E-state index contributed by atoms with van der Waals surface area (Å²) in [5, 5.41) is 37.6. The molecule has 0 spiro atoms. The number of aliphatic hydroxyl groups is 4. The van der Waals surface area contributed by atoms with Crippen LogP contribution in [0.15, 0.2) is 0 Å². The molecule has 0 aliphatic carbocycles. The number of benzene rings is 1. The number of carbonyl (C=O) groups excluding carboxylic acids is 3. The van der Waals surface area contributed by atoms with Crippen LogP contribution >= 0.6 is 67.8 Å². The fourth-order valence-corrected chi connectivity index (χ4v) is 7.43. The molecule has 1 aromatic carbocycles. The highest BCUT2D eigenvalue weighted by Gasteiger charge is 2.32. The van der Waals surface area contributed by atoms with Crippen molar-refractivity contribution in [1.82, 2.24) is 4.90 Å². The molecule has 168 valence electrons. The van der Waals surface area contributed by atoms with Crippen molar-refractivity contribution in [2.45, 2.75) is 13.0 Å². The van der Waals surface area contributed by atoms with E-state index < -0.39 is 30.4 Å². The minimum atomic E-state index is -1.22. The average Bonchev–Trinajstić information content (AvgIpc) is 2.66. The number of anilines is 1. The predicted octanol–water partition coefficient (Wildman–Crippen LogP) is -0.268. The number of carbonyl (C=O) groups is 3. The van der Waals surface area contributed by atoms with Gasteiger partial charge < -0.3 is 36.0 Å². The summed E-state index contributed by atoms with van der Waals surface area (Å²) in [4.78, 5) is 40.1. The Kier molecular flexibility index (Phi) is 11.7. The van der Waals surface area contributed by atoms with Gasteiger partial charge in [0.25, 0.3) is 11.8 Å². The molecule has 0 radical (unpaired) electrons. The van der Waals surface area contributed by atoms with Gasteiger partial charge in [-0.2, -0.15) is 0 Å². The van der Waals surface area contributed by atoms with Crippen LogP contribution in [0.4, 0.5) is 5.69 Å². The number of nitrogens with zero attached hydrogens (tertiary/aromatic N) is 2. The monoisotopic (exact) mass is 761 g/mol. The Morgan fingerprint density at radius 1 is 0.967 bits per heavy atom. The molecular formula is C17H22I3N3O7. The van der Waals surface area contributed by atoms with Gasteiger partial charge in [-0.25, -0.2) is 0 Å². The van der Waals surface area contributed by atoms with Crippen LogP contribution in [0.1, 0.15) is 27.6 Å². The summed E-state index contributed by atoms with van der Waals surface area (Å²) < 4.78 is 0.969. The molecule has 3 amide bonds. The number of amides is 3. The first-order valence-corrected chi connectivity index (χ1v) is 11.8. The van der Waals surface area contributed by atoms with E-state index in [0.29, 0.717) is 7.14 Å². The van der Waals surface area contributed by atoms with Gasteiger partial charge in [-0.15, -0.1) is 0 Å². The molecule has 1 atom stereocenters. The molecule has 0 aliphatic heterocycles. The fourth-order valence-electron chi connectivity index (χ4n) is 2.69. The van der Waals surface area contributed by atoms with E-state index in [0.717, 1.165) is 4.90 Å².